The summed E-state index contributed by atoms with van der Waals surface area (Å²) in [7, 11) is 0. The third kappa shape index (κ3) is 2.95. The third-order valence-electron chi connectivity index (χ3n) is 2.59. The van der Waals surface area contributed by atoms with E-state index in [1.54, 1.807) is 19.1 Å². The minimum atomic E-state index is -0.216. The zero-order valence-corrected chi connectivity index (χ0v) is 9.22. The highest BCUT2D eigenvalue weighted by Gasteiger charge is 2.22. The first-order valence-corrected chi connectivity index (χ1v) is 5.44. The van der Waals surface area contributed by atoms with E-state index in [4.69, 9.17) is 0 Å². The van der Waals surface area contributed by atoms with Crippen molar-refractivity contribution in [1.82, 2.24) is 10.6 Å². The number of rotatable bonds is 3. The summed E-state index contributed by atoms with van der Waals surface area (Å²) in [6.45, 7) is 2.14. The van der Waals surface area contributed by atoms with E-state index < -0.39 is 0 Å². The van der Waals surface area contributed by atoms with Gasteiger partial charge in [0, 0.05) is 12.6 Å². The van der Waals surface area contributed by atoms with Crippen LogP contribution in [0.3, 0.4) is 0 Å². The summed E-state index contributed by atoms with van der Waals surface area (Å²) in [5.74, 6) is -0.216. The van der Waals surface area contributed by atoms with Gasteiger partial charge in [0.1, 0.15) is 5.82 Å². The van der Waals surface area contributed by atoms with Crippen LogP contribution in [0.5, 0.6) is 0 Å². The van der Waals surface area contributed by atoms with Crippen LogP contribution in [0.4, 0.5) is 9.18 Å². The van der Waals surface area contributed by atoms with E-state index in [2.05, 4.69) is 10.6 Å². The van der Waals surface area contributed by atoms with Gasteiger partial charge in [0.15, 0.2) is 0 Å². The number of hydrogen-bond acceptors (Lipinski definition) is 1. The van der Waals surface area contributed by atoms with Crippen LogP contribution in [0.2, 0.25) is 0 Å². The molecule has 1 aromatic carbocycles. The lowest BCUT2D eigenvalue weighted by Gasteiger charge is -2.07. The molecule has 0 unspecified atom stereocenters. The number of amides is 2. The van der Waals surface area contributed by atoms with Crippen LogP contribution in [-0.4, -0.2) is 12.1 Å². The van der Waals surface area contributed by atoms with E-state index in [9.17, 15) is 9.18 Å². The van der Waals surface area contributed by atoms with Crippen LogP contribution < -0.4 is 10.6 Å². The Bertz CT molecular complexity index is 402. The second-order valence-electron chi connectivity index (χ2n) is 4.18. The lowest BCUT2D eigenvalue weighted by molar-refractivity contribution is 0.240. The molecular weight excluding hydrogens is 207 g/mol. The summed E-state index contributed by atoms with van der Waals surface area (Å²) < 4.78 is 13.0. The molecule has 3 nitrogen and oxygen atoms in total. The molecule has 16 heavy (non-hydrogen) atoms. The molecule has 4 heteroatoms. The van der Waals surface area contributed by atoms with Gasteiger partial charge in [-0.25, -0.2) is 9.18 Å². The van der Waals surface area contributed by atoms with Crippen molar-refractivity contribution in [2.75, 3.05) is 0 Å². The summed E-state index contributed by atoms with van der Waals surface area (Å²) >= 11 is 0. The maximum atomic E-state index is 13.0. The number of halogens is 1. The Morgan fingerprint density at radius 3 is 2.88 bits per heavy atom. The molecule has 2 N–H and O–H groups in total. The fraction of sp³-hybridized carbons (Fsp3) is 0.417. The van der Waals surface area contributed by atoms with E-state index >= 15 is 0 Å². The fourth-order valence-corrected chi connectivity index (χ4v) is 1.46. The standard InChI is InChI=1S/C12H15FN2O/c1-8-6-9(2-5-11(8)13)7-14-12(16)15-10-3-4-10/h2,5-6,10H,3-4,7H2,1H3,(H2,14,15,16). The highest BCUT2D eigenvalue weighted by atomic mass is 19.1. The van der Waals surface area contributed by atoms with Crippen LogP contribution >= 0.6 is 0 Å². The van der Waals surface area contributed by atoms with Crippen molar-refractivity contribution in [3.8, 4) is 0 Å². The predicted octanol–water partition coefficient (Wildman–Crippen LogP) is 2.10. The maximum Gasteiger partial charge on any atom is 0.315 e. The molecule has 1 aromatic rings. The van der Waals surface area contributed by atoms with Crippen molar-refractivity contribution in [1.29, 1.82) is 0 Å². The van der Waals surface area contributed by atoms with Gasteiger partial charge in [0.25, 0.3) is 0 Å². The highest BCUT2D eigenvalue weighted by Crippen LogP contribution is 2.18. The summed E-state index contributed by atoms with van der Waals surface area (Å²) in [4.78, 5) is 11.3. The minimum absolute atomic E-state index is 0.149. The van der Waals surface area contributed by atoms with Gasteiger partial charge in [-0.3, -0.25) is 0 Å². The monoisotopic (exact) mass is 222 g/mol. The quantitative estimate of drug-likeness (QED) is 0.807. The predicted molar refractivity (Wildman–Crippen MR) is 59.5 cm³/mol. The lowest BCUT2D eigenvalue weighted by Crippen LogP contribution is -2.36. The van der Waals surface area contributed by atoms with Gasteiger partial charge in [-0.15, -0.1) is 0 Å². The molecule has 0 atom stereocenters. The fourth-order valence-electron chi connectivity index (χ4n) is 1.46. The van der Waals surface area contributed by atoms with Crippen LogP contribution in [0, 0.1) is 12.7 Å². The third-order valence-corrected chi connectivity index (χ3v) is 2.59. The van der Waals surface area contributed by atoms with Crippen molar-refractivity contribution in [2.45, 2.75) is 32.4 Å². The van der Waals surface area contributed by atoms with Gasteiger partial charge in [0.2, 0.25) is 0 Å². The largest absolute Gasteiger partial charge is 0.335 e. The molecule has 0 aromatic heterocycles. The van der Waals surface area contributed by atoms with Crippen molar-refractivity contribution in [3.05, 3.63) is 35.1 Å². The lowest BCUT2D eigenvalue weighted by atomic mass is 10.1. The molecule has 86 valence electrons. The smallest absolute Gasteiger partial charge is 0.315 e. The first-order valence-electron chi connectivity index (χ1n) is 5.44. The zero-order valence-electron chi connectivity index (χ0n) is 9.22. The average Bonchev–Trinajstić information content (AvgIpc) is 3.04. The molecule has 2 amide bonds. The van der Waals surface area contributed by atoms with Gasteiger partial charge in [-0.1, -0.05) is 12.1 Å². The Morgan fingerprint density at radius 2 is 2.25 bits per heavy atom. The van der Waals surface area contributed by atoms with E-state index in [-0.39, 0.29) is 11.8 Å². The molecule has 0 aliphatic heterocycles. The van der Waals surface area contributed by atoms with Gasteiger partial charge in [-0.2, -0.15) is 0 Å². The van der Waals surface area contributed by atoms with E-state index in [0.29, 0.717) is 18.2 Å². The molecule has 1 aliphatic carbocycles. The number of aryl methyl sites for hydroxylation is 1. The molecular formula is C12H15FN2O. The summed E-state index contributed by atoms with van der Waals surface area (Å²) in [5.41, 5.74) is 1.51. The Kier molecular flexibility index (Phi) is 3.08. The average molecular weight is 222 g/mol. The van der Waals surface area contributed by atoms with Crippen LogP contribution in [-0.2, 0) is 6.54 Å². The first kappa shape index (κ1) is 10.9. The SMILES string of the molecule is Cc1cc(CNC(=O)NC2CC2)ccc1F. The Hall–Kier alpha value is -1.58. The molecule has 2 rings (SSSR count). The molecule has 0 bridgehead atoms. The van der Waals surface area contributed by atoms with Crippen molar-refractivity contribution in [2.24, 2.45) is 0 Å². The first-order chi connectivity index (χ1) is 7.65. The number of urea groups is 1. The van der Waals surface area contributed by atoms with E-state index in [1.165, 1.54) is 6.07 Å². The number of hydrogen-bond donors (Lipinski definition) is 2. The Balaban J connectivity index is 1.83. The minimum Gasteiger partial charge on any atom is -0.335 e. The topological polar surface area (TPSA) is 41.1 Å². The molecule has 0 radical (unpaired) electrons. The van der Waals surface area contributed by atoms with Crippen molar-refractivity contribution < 1.29 is 9.18 Å². The van der Waals surface area contributed by atoms with Crippen LogP contribution in [0.25, 0.3) is 0 Å². The molecule has 1 fully saturated rings. The molecule has 0 heterocycles. The summed E-state index contributed by atoms with van der Waals surface area (Å²) in [6, 6.07) is 5.05. The number of nitrogens with one attached hydrogen (secondary N) is 2. The summed E-state index contributed by atoms with van der Waals surface area (Å²) in [5, 5.41) is 5.57. The molecule has 1 aliphatic rings. The van der Waals surface area contributed by atoms with Crippen molar-refractivity contribution in [3.63, 3.8) is 0 Å². The van der Waals surface area contributed by atoms with Gasteiger partial charge >= 0.3 is 6.03 Å². The van der Waals surface area contributed by atoms with Crippen LogP contribution in [0.1, 0.15) is 24.0 Å². The van der Waals surface area contributed by atoms with E-state index in [1.807, 2.05) is 0 Å². The highest BCUT2D eigenvalue weighted by molar-refractivity contribution is 5.74. The van der Waals surface area contributed by atoms with Gasteiger partial charge < -0.3 is 10.6 Å². The second kappa shape index (κ2) is 4.51. The van der Waals surface area contributed by atoms with Gasteiger partial charge in [-0.05, 0) is 37.0 Å². The van der Waals surface area contributed by atoms with Crippen molar-refractivity contribution >= 4 is 6.03 Å². The number of carbonyl (C=O) groups is 1. The molecule has 0 saturated heterocycles. The normalized spacial score (nSPS) is 14.6. The summed E-state index contributed by atoms with van der Waals surface area (Å²) in [6.07, 6.45) is 2.14. The number of carbonyl (C=O) groups excluding carboxylic acids is 1. The zero-order chi connectivity index (χ0) is 11.5. The Morgan fingerprint density at radius 1 is 1.50 bits per heavy atom. The van der Waals surface area contributed by atoms with Crippen LogP contribution in [0.15, 0.2) is 18.2 Å². The number of benzene rings is 1. The van der Waals surface area contributed by atoms with Gasteiger partial charge in [0.05, 0.1) is 0 Å². The maximum absolute atomic E-state index is 13.0. The Labute approximate surface area is 94.0 Å². The van der Waals surface area contributed by atoms with E-state index in [0.717, 1.165) is 18.4 Å². The molecule has 1 saturated carbocycles. The molecule has 0 spiro atoms. The second-order valence-corrected chi connectivity index (χ2v) is 4.18.